The fourth-order valence-electron chi connectivity index (χ4n) is 2.29. The number of carbonyl (C=O) groups is 1. The summed E-state index contributed by atoms with van der Waals surface area (Å²) in [6.07, 6.45) is 1.89. The van der Waals surface area contributed by atoms with E-state index in [1.54, 1.807) is 0 Å². The van der Waals surface area contributed by atoms with E-state index < -0.39 is 0 Å². The number of hydrogen-bond donors (Lipinski definition) is 1. The monoisotopic (exact) mass is 387 g/mol. The van der Waals surface area contributed by atoms with Crippen LogP contribution in [0.25, 0.3) is 0 Å². The minimum absolute atomic E-state index is 0.145. The van der Waals surface area contributed by atoms with E-state index in [2.05, 4.69) is 56.2 Å². The van der Waals surface area contributed by atoms with Crippen LogP contribution < -0.4 is 5.32 Å². The van der Waals surface area contributed by atoms with Gasteiger partial charge in [-0.3, -0.25) is 4.79 Å². The molecule has 1 N–H and O–H groups in total. The summed E-state index contributed by atoms with van der Waals surface area (Å²) in [7, 11) is 0. The normalized spacial score (nSPS) is 22.1. The van der Waals surface area contributed by atoms with Gasteiger partial charge in [-0.05, 0) is 24.3 Å². The first-order valence-electron chi connectivity index (χ1n) is 6.64. The zero-order valence-corrected chi connectivity index (χ0v) is 14.2. The Labute approximate surface area is 131 Å². The van der Waals surface area contributed by atoms with Gasteiger partial charge in [-0.25, -0.2) is 0 Å². The molecule has 1 saturated carbocycles. The number of benzene rings is 1. The Morgan fingerprint density at radius 1 is 1.32 bits per heavy atom. The lowest BCUT2D eigenvalue weighted by molar-refractivity contribution is -0.123. The largest absolute Gasteiger partial charge is 0.349 e. The number of rotatable bonds is 6. The Bertz CT molecular complexity index is 423. The molecule has 2 rings (SSSR count). The van der Waals surface area contributed by atoms with Crippen molar-refractivity contribution in [1.29, 1.82) is 0 Å². The van der Waals surface area contributed by atoms with E-state index in [0.29, 0.717) is 5.92 Å². The van der Waals surface area contributed by atoms with Crippen LogP contribution in [0.3, 0.4) is 0 Å². The van der Waals surface area contributed by atoms with Crippen molar-refractivity contribution < 1.29 is 4.79 Å². The van der Waals surface area contributed by atoms with Crippen LogP contribution in [0.2, 0.25) is 0 Å². The SMILES string of the molecule is CCC(CBr)(CBr)NC(=O)C1CC1c1ccccc1. The van der Waals surface area contributed by atoms with E-state index in [4.69, 9.17) is 0 Å². The number of halogens is 2. The quantitative estimate of drug-likeness (QED) is 0.737. The van der Waals surface area contributed by atoms with Crippen molar-refractivity contribution in [2.75, 3.05) is 10.7 Å². The lowest BCUT2D eigenvalue weighted by Crippen LogP contribution is -2.51. The number of nitrogens with one attached hydrogen (secondary N) is 1. The predicted molar refractivity (Wildman–Crippen MR) is 86.0 cm³/mol. The molecule has 0 spiro atoms. The van der Waals surface area contributed by atoms with Crippen molar-refractivity contribution >= 4 is 37.8 Å². The molecule has 1 amide bonds. The van der Waals surface area contributed by atoms with Gasteiger partial charge >= 0.3 is 0 Å². The van der Waals surface area contributed by atoms with Crippen LogP contribution in [0.5, 0.6) is 0 Å². The molecular weight excluding hydrogens is 370 g/mol. The fraction of sp³-hybridized carbons (Fsp3) is 0.533. The maximum Gasteiger partial charge on any atom is 0.224 e. The number of alkyl halides is 2. The molecule has 1 aromatic carbocycles. The molecule has 0 saturated heterocycles. The highest BCUT2D eigenvalue weighted by Gasteiger charge is 2.45. The van der Waals surface area contributed by atoms with Gasteiger partial charge in [-0.15, -0.1) is 0 Å². The molecule has 0 radical (unpaired) electrons. The maximum absolute atomic E-state index is 12.3. The van der Waals surface area contributed by atoms with Crippen LogP contribution in [0.4, 0.5) is 0 Å². The van der Waals surface area contributed by atoms with Gasteiger partial charge in [0.15, 0.2) is 0 Å². The second kappa shape index (κ2) is 6.40. The Hall–Kier alpha value is -0.350. The summed E-state index contributed by atoms with van der Waals surface area (Å²) in [5.74, 6) is 0.738. The minimum Gasteiger partial charge on any atom is -0.349 e. The third-order valence-electron chi connectivity index (χ3n) is 3.93. The van der Waals surface area contributed by atoms with Gasteiger partial charge < -0.3 is 5.32 Å². The highest BCUT2D eigenvalue weighted by atomic mass is 79.9. The highest BCUT2D eigenvalue weighted by molar-refractivity contribution is 9.09. The molecule has 2 unspecified atom stereocenters. The highest BCUT2D eigenvalue weighted by Crippen LogP contribution is 2.47. The smallest absolute Gasteiger partial charge is 0.224 e. The van der Waals surface area contributed by atoms with Crippen molar-refractivity contribution in [3.05, 3.63) is 35.9 Å². The third kappa shape index (κ3) is 3.40. The number of amides is 1. The van der Waals surface area contributed by atoms with Crippen molar-refractivity contribution in [3.63, 3.8) is 0 Å². The molecule has 1 aliphatic carbocycles. The molecule has 0 aliphatic heterocycles. The van der Waals surface area contributed by atoms with Gasteiger partial charge in [0.1, 0.15) is 0 Å². The molecule has 1 fully saturated rings. The summed E-state index contributed by atoms with van der Waals surface area (Å²) in [5, 5.41) is 4.76. The second-order valence-electron chi connectivity index (χ2n) is 5.25. The summed E-state index contributed by atoms with van der Waals surface area (Å²) < 4.78 is 0. The molecule has 19 heavy (non-hydrogen) atoms. The lowest BCUT2D eigenvalue weighted by atomic mass is 10.0. The first-order chi connectivity index (χ1) is 9.15. The first kappa shape index (κ1) is 15.0. The van der Waals surface area contributed by atoms with Crippen molar-refractivity contribution in [2.45, 2.75) is 31.2 Å². The van der Waals surface area contributed by atoms with Gasteiger partial charge in [0, 0.05) is 16.6 Å². The second-order valence-corrected chi connectivity index (χ2v) is 6.37. The van der Waals surface area contributed by atoms with E-state index in [-0.39, 0.29) is 17.4 Å². The maximum atomic E-state index is 12.3. The van der Waals surface area contributed by atoms with Crippen LogP contribution in [0.15, 0.2) is 30.3 Å². The topological polar surface area (TPSA) is 29.1 Å². The van der Waals surface area contributed by atoms with Gasteiger partial charge in [0.2, 0.25) is 5.91 Å². The summed E-state index contributed by atoms with van der Waals surface area (Å²) in [6, 6.07) is 10.3. The Morgan fingerprint density at radius 3 is 2.47 bits per heavy atom. The molecule has 0 aromatic heterocycles. The van der Waals surface area contributed by atoms with Gasteiger partial charge in [0.05, 0.1) is 5.54 Å². The van der Waals surface area contributed by atoms with Gasteiger partial charge in [0.25, 0.3) is 0 Å². The van der Waals surface area contributed by atoms with Crippen molar-refractivity contribution in [1.82, 2.24) is 5.32 Å². The first-order valence-corrected chi connectivity index (χ1v) is 8.89. The molecule has 104 valence electrons. The van der Waals surface area contributed by atoms with Crippen LogP contribution in [-0.4, -0.2) is 22.1 Å². The number of hydrogen-bond acceptors (Lipinski definition) is 1. The Balaban J connectivity index is 1.96. The van der Waals surface area contributed by atoms with Crippen LogP contribution in [0, 0.1) is 5.92 Å². The molecule has 0 bridgehead atoms. The standard InChI is InChI=1S/C15H19Br2NO/c1-2-15(9-16,10-17)18-14(19)13-8-12(13)11-6-4-3-5-7-11/h3-7,12-13H,2,8-10H2,1H3,(H,18,19). The number of carbonyl (C=O) groups excluding carboxylic acids is 1. The summed E-state index contributed by atoms with van der Waals surface area (Å²) in [6.45, 7) is 2.10. The van der Waals surface area contributed by atoms with Crippen molar-refractivity contribution in [2.24, 2.45) is 5.92 Å². The van der Waals surface area contributed by atoms with E-state index in [1.807, 2.05) is 18.2 Å². The molecule has 0 heterocycles. The van der Waals surface area contributed by atoms with Gasteiger partial charge in [-0.2, -0.15) is 0 Å². The molecular formula is C15H19Br2NO. The predicted octanol–water partition coefficient (Wildman–Crippen LogP) is 3.84. The Kier molecular flexibility index (Phi) is 5.07. The zero-order valence-electron chi connectivity index (χ0n) is 11.0. The summed E-state index contributed by atoms with van der Waals surface area (Å²) >= 11 is 7.01. The van der Waals surface area contributed by atoms with Gasteiger partial charge in [-0.1, -0.05) is 69.1 Å². The average Bonchev–Trinajstić information content (AvgIpc) is 3.26. The summed E-state index contributed by atoms with van der Waals surface area (Å²) in [5.41, 5.74) is 1.11. The van der Waals surface area contributed by atoms with Crippen molar-refractivity contribution in [3.8, 4) is 0 Å². The van der Waals surface area contributed by atoms with Crippen LogP contribution in [-0.2, 0) is 4.79 Å². The average molecular weight is 389 g/mol. The van der Waals surface area contributed by atoms with E-state index in [0.717, 1.165) is 23.5 Å². The van der Waals surface area contributed by atoms with E-state index in [1.165, 1.54) is 5.56 Å². The van der Waals surface area contributed by atoms with E-state index >= 15 is 0 Å². The third-order valence-corrected chi connectivity index (χ3v) is 6.08. The zero-order chi connectivity index (χ0) is 13.9. The molecule has 2 nitrogen and oxygen atoms in total. The lowest BCUT2D eigenvalue weighted by Gasteiger charge is -2.30. The molecule has 4 heteroatoms. The van der Waals surface area contributed by atoms with E-state index in [9.17, 15) is 4.79 Å². The molecule has 2 atom stereocenters. The summed E-state index contributed by atoms with van der Waals surface area (Å²) in [4.78, 5) is 12.3. The Morgan fingerprint density at radius 2 is 1.95 bits per heavy atom. The molecule has 1 aliphatic rings. The molecule has 1 aromatic rings. The minimum atomic E-state index is -0.166. The van der Waals surface area contributed by atoms with Crippen LogP contribution >= 0.6 is 31.9 Å². The fourth-order valence-corrected chi connectivity index (χ4v) is 4.29. The van der Waals surface area contributed by atoms with Crippen LogP contribution in [0.1, 0.15) is 31.2 Å².